The van der Waals surface area contributed by atoms with Crippen molar-refractivity contribution in [1.82, 2.24) is 9.97 Å². The number of nitrogens with one attached hydrogen (secondary N) is 1. The summed E-state index contributed by atoms with van der Waals surface area (Å²) >= 11 is 0. The third-order valence-corrected chi connectivity index (χ3v) is 2.36. The van der Waals surface area contributed by atoms with Gasteiger partial charge in [0.25, 0.3) is 0 Å². The largest absolute Gasteiger partial charge is 0.381 e. The molecule has 70 valence electrons. The van der Waals surface area contributed by atoms with E-state index in [1.807, 2.05) is 6.07 Å². The maximum Gasteiger partial charge on any atom is 0.129 e. The summed E-state index contributed by atoms with van der Waals surface area (Å²) in [6.07, 6.45) is 5.86. The normalized spacial score (nSPS) is 26.5. The molecule has 0 atom stereocenters. The lowest BCUT2D eigenvalue weighted by Crippen LogP contribution is -2.40. The summed E-state index contributed by atoms with van der Waals surface area (Å²) in [7, 11) is 1.76. The molecule has 0 saturated heterocycles. The molecular formula is C9H13N3O. The molecular weight excluding hydrogens is 166 g/mol. The predicted molar refractivity (Wildman–Crippen MR) is 49.5 cm³/mol. The number of ether oxygens (including phenoxy) is 1. The molecule has 13 heavy (non-hydrogen) atoms. The summed E-state index contributed by atoms with van der Waals surface area (Å²) in [4.78, 5) is 7.94. The molecule has 0 bridgehead atoms. The Balaban J connectivity index is 1.81. The second kappa shape index (κ2) is 3.70. The van der Waals surface area contributed by atoms with Gasteiger partial charge in [0, 0.05) is 19.3 Å². The van der Waals surface area contributed by atoms with Crippen LogP contribution in [0.15, 0.2) is 18.6 Å². The lowest BCUT2D eigenvalue weighted by Gasteiger charge is -2.34. The molecule has 0 amide bonds. The van der Waals surface area contributed by atoms with Gasteiger partial charge in [0.2, 0.25) is 0 Å². The van der Waals surface area contributed by atoms with E-state index in [-0.39, 0.29) is 0 Å². The fourth-order valence-corrected chi connectivity index (χ4v) is 1.46. The molecule has 1 aliphatic rings. The number of hydrogen-bond donors (Lipinski definition) is 1. The molecule has 1 heterocycles. The van der Waals surface area contributed by atoms with Crippen molar-refractivity contribution >= 4 is 5.82 Å². The first kappa shape index (κ1) is 8.44. The molecule has 0 unspecified atom stereocenters. The van der Waals surface area contributed by atoms with Crippen molar-refractivity contribution in [3.05, 3.63) is 18.6 Å². The van der Waals surface area contributed by atoms with Crippen molar-refractivity contribution in [1.29, 1.82) is 0 Å². The molecule has 1 aromatic heterocycles. The van der Waals surface area contributed by atoms with Gasteiger partial charge in [-0.15, -0.1) is 0 Å². The zero-order valence-electron chi connectivity index (χ0n) is 7.60. The Morgan fingerprint density at radius 2 is 2.38 bits per heavy atom. The summed E-state index contributed by atoms with van der Waals surface area (Å²) in [5.74, 6) is 0.898. The van der Waals surface area contributed by atoms with Crippen LogP contribution < -0.4 is 5.32 Å². The Morgan fingerprint density at radius 3 is 3.00 bits per heavy atom. The SMILES string of the molecule is COC1CC(Nc2ccncn2)C1. The van der Waals surface area contributed by atoms with E-state index in [1.165, 1.54) is 0 Å². The van der Waals surface area contributed by atoms with Gasteiger partial charge < -0.3 is 10.1 Å². The lowest BCUT2D eigenvalue weighted by atomic mass is 9.89. The third-order valence-electron chi connectivity index (χ3n) is 2.36. The van der Waals surface area contributed by atoms with Gasteiger partial charge in [-0.25, -0.2) is 9.97 Å². The van der Waals surface area contributed by atoms with Crippen LogP contribution in [-0.2, 0) is 4.74 Å². The highest BCUT2D eigenvalue weighted by atomic mass is 16.5. The first-order valence-electron chi connectivity index (χ1n) is 4.44. The van der Waals surface area contributed by atoms with E-state index in [9.17, 15) is 0 Å². The molecule has 1 N–H and O–H groups in total. The molecule has 4 nitrogen and oxygen atoms in total. The van der Waals surface area contributed by atoms with Crippen molar-refractivity contribution in [2.75, 3.05) is 12.4 Å². The van der Waals surface area contributed by atoms with E-state index in [2.05, 4.69) is 15.3 Å². The monoisotopic (exact) mass is 179 g/mol. The van der Waals surface area contributed by atoms with Crippen molar-refractivity contribution in [2.24, 2.45) is 0 Å². The predicted octanol–water partition coefficient (Wildman–Crippen LogP) is 1.07. The Kier molecular flexibility index (Phi) is 2.40. The van der Waals surface area contributed by atoms with Gasteiger partial charge >= 0.3 is 0 Å². The summed E-state index contributed by atoms with van der Waals surface area (Å²) in [5, 5.41) is 3.31. The van der Waals surface area contributed by atoms with E-state index in [1.54, 1.807) is 19.6 Å². The highest BCUT2D eigenvalue weighted by Crippen LogP contribution is 2.25. The first-order valence-corrected chi connectivity index (χ1v) is 4.44. The first-order chi connectivity index (χ1) is 6.38. The van der Waals surface area contributed by atoms with Crippen LogP contribution in [0.2, 0.25) is 0 Å². The quantitative estimate of drug-likeness (QED) is 0.753. The molecule has 1 aliphatic carbocycles. The Bertz CT molecular complexity index is 259. The van der Waals surface area contributed by atoms with Crippen LogP contribution in [0.1, 0.15) is 12.8 Å². The average molecular weight is 179 g/mol. The van der Waals surface area contributed by atoms with Crippen LogP contribution >= 0.6 is 0 Å². The fraction of sp³-hybridized carbons (Fsp3) is 0.556. The van der Waals surface area contributed by atoms with Gasteiger partial charge in [-0.3, -0.25) is 0 Å². The number of hydrogen-bond acceptors (Lipinski definition) is 4. The molecule has 2 rings (SSSR count). The smallest absolute Gasteiger partial charge is 0.129 e. The minimum Gasteiger partial charge on any atom is -0.381 e. The number of nitrogens with zero attached hydrogens (tertiary/aromatic N) is 2. The van der Waals surface area contributed by atoms with Gasteiger partial charge in [0.05, 0.1) is 6.10 Å². The maximum absolute atomic E-state index is 5.18. The topological polar surface area (TPSA) is 47.0 Å². The zero-order valence-corrected chi connectivity index (χ0v) is 7.60. The second-order valence-corrected chi connectivity index (χ2v) is 3.26. The van der Waals surface area contributed by atoms with Gasteiger partial charge in [-0.05, 0) is 18.9 Å². The minimum atomic E-state index is 0.430. The zero-order chi connectivity index (χ0) is 9.10. The van der Waals surface area contributed by atoms with Gasteiger partial charge in [-0.2, -0.15) is 0 Å². The highest BCUT2D eigenvalue weighted by Gasteiger charge is 2.28. The Hall–Kier alpha value is -1.16. The van der Waals surface area contributed by atoms with Gasteiger partial charge in [0.15, 0.2) is 0 Å². The Labute approximate surface area is 77.4 Å². The van der Waals surface area contributed by atoms with Crippen LogP contribution in [0, 0.1) is 0 Å². The van der Waals surface area contributed by atoms with Crippen molar-refractivity contribution in [2.45, 2.75) is 25.0 Å². The number of methoxy groups -OCH3 is 1. The van der Waals surface area contributed by atoms with Gasteiger partial charge in [-0.1, -0.05) is 0 Å². The maximum atomic E-state index is 5.18. The summed E-state index contributed by atoms with van der Waals surface area (Å²) in [5.41, 5.74) is 0. The average Bonchev–Trinajstić information content (AvgIpc) is 2.12. The standard InChI is InChI=1S/C9H13N3O/c1-13-8-4-7(5-8)12-9-2-3-10-6-11-9/h2-3,6-8H,4-5H2,1H3,(H,10,11,12). The van der Waals surface area contributed by atoms with Crippen molar-refractivity contribution in [3.63, 3.8) is 0 Å². The summed E-state index contributed by atoms with van der Waals surface area (Å²) in [6.45, 7) is 0. The van der Waals surface area contributed by atoms with E-state index < -0.39 is 0 Å². The number of aromatic nitrogens is 2. The Morgan fingerprint density at radius 1 is 1.54 bits per heavy atom. The number of anilines is 1. The molecule has 0 spiro atoms. The van der Waals surface area contributed by atoms with E-state index in [0.29, 0.717) is 12.1 Å². The van der Waals surface area contributed by atoms with E-state index in [4.69, 9.17) is 4.74 Å². The minimum absolute atomic E-state index is 0.430. The molecule has 1 fully saturated rings. The molecule has 0 aliphatic heterocycles. The molecule has 1 saturated carbocycles. The van der Waals surface area contributed by atoms with Crippen LogP contribution in [0.4, 0.5) is 5.82 Å². The molecule has 4 heteroatoms. The van der Waals surface area contributed by atoms with Crippen molar-refractivity contribution in [3.8, 4) is 0 Å². The fourth-order valence-electron chi connectivity index (χ4n) is 1.46. The van der Waals surface area contributed by atoms with Crippen LogP contribution in [-0.4, -0.2) is 29.2 Å². The van der Waals surface area contributed by atoms with Crippen LogP contribution in [0.3, 0.4) is 0 Å². The van der Waals surface area contributed by atoms with Crippen LogP contribution in [0.25, 0.3) is 0 Å². The van der Waals surface area contributed by atoms with Crippen molar-refractivity contribution < 1.29 is 4.74 Å². The molecule has 0 aromatic carbocycles. The third kappa shape index (κ3) is 1.95. The highest BCUT2D eigenvalue weighted by molar-refractivity contribution is 5.33. The summed E-state index contributed by atoms with van der Waals surface area (Å²) < 4.78 is 5.18. The van der Waals surface area contributed by atoms with Gasteiger partial charge in [0.1, 0.15) is 12.1 Å². The second-order valence-electron chi connectivity index (χ2n) is 3.26. The van der Waals surface area contributed by atoms with E-state index >= 15 is 0 Å². The molecule has 0 radical (unpaired) electrons. The van der Waals surface area contributed by atoms with Crippen LogP contribution in [0.5, 0.6) is 0 Å². The number of rotatable bonds is 3. The molecule has 1 aromatic rings. The lowest BCUT2D eigenvalue weighted by molar-refractivity contribution is 0.0328. The summed E-state index contributed by atoms with van der Waals surface area (Å²) in [6, 6.07) is 2.39. The van der Waals surface area contributed by atoms with E-state index in [0.717, 1.165) is 18.7 Å².